The second kappa shape index (κ2) is 7.00. The van der Waals surface area contributed by atoms with Crippen LogP contribution in [-0.4, -0.2) is 26.7 Å². The molecule has 0 radical (unpaired) electrons. The molecule has 3 heterocycles. The van der Waals surface area contributed by atoms with Gasteiger partial charge >= 0.3 is 0 Å². The average molecular weight is 352 g/mol. The average Bonchev–Trinajstić information content (AvgIpc) is 3.32. The summed E-state index contributed by atoms with van der Waals surface area (Å²) in [6, 6.07) is 9.75. The van der Waals surface area contributed by atoms with Gasteiger partial charge in [0, 0.05) is 28.9 Å². The molecule has 1 aromatic carbocycles. The summed E-state index contributed by atoms with van der Waals surface area (Å²) in [5, 5.41) is 16.2. The van der Waals surface area contributed by atoms with Crippen molar-refractivity contribution in [2.45, 2.75) is 13.0 Å². The molecule has 4 rings (SSSR count). The Labute approximate surface area is 148 Å². The number of rotatable bonds is 6. The smallest absolute Gasteiger partial charge is 0.137 e. The molecule has 0 atom stereocenters. The van der Waals surface area contributed by atoms with E-state index in [1.807, 2.05) is 35.7 Å². The zero-order valence-electron chi connectivity index (χ0n) is 13.3. The third kappa shape index (κ3) is 3.38. The molecule has 3 aromatic heterocycles. The predicted octanol–water partition coefficient (Wildman–Crippen LogP) is 3.49. The van der Waals surface area contributed by atoms with E-state index in [2.05, 4.69) is 20.3 Å². The number of benzene rings is 1. The zero-order valence-corrected chi connectivity index (χ0v) is 14.2. The highest BCUT2D eigenvalue weighted by Gasteiger charge is 2.09. The largest absolute Gasteiger partial charge is 0.461 e. The van der Waals surface area contributed by atoms with E-state index in [9.17, 15) is 0 Å². The number of anilines is 1. The Morgan fingerprint density at radius 3 is 2.92 bits per heavy atom. The normalized spacial score (nSPS) is 11.1. The number of aliphatic hydroxyl groups excluding tert-OH is 1. The molecule has 6 nitrogen and oxygen atoms in total. The lowest BCUT2D eigenvalue weighted by Gasteiger charge is -2.08. The van der Waals surface area contributed by atoms with Crippen LogP contribution in [0, 0.1) is 0 Å². The maximum atomic E-state index is 9.03. The maximum Gasteiger partial charge on any atom is 0.137 e. The Balaban J connectivity index is 1.66. The summed E-state index contributed by atoms with van der Waals surface area (Å²) in [6.07, 6.45) is 3.86. The molecule has 25 heavy (non-hydrogen) atoms. The van der Waals surface area contributed by atoms with E-state index in [-0.39, 0.29) is 6.61 Å². The molecule has 0 saturated heterocycles. The maximum absolute atomic E-state index is 9.03. The predicted molar refractivity (Wildman–Crippen MR) is 97.5 cm³/mol. The lowest BCUT2D eigenvalue weighted by molar-refractivity contribution is 0.288. The fraction of sp³-hybridized carbons (Fsp3) is 0.167. The van der Waals surface area contributed by atoms with Crippen molar-refractivity contribution >= 4 is 28.1 Å². The first-order valence-corrected chi connectivity index (χ1v) is 8.78. The van der Waals surface area contributed by atoms with Crippen molar-refractivity contribution < 1.29 is 9.52 Å². The zero-order chi connectivity index (χ0) is 17.1. The topological polar surface area (TPSA) is 84.1 Å². The Kier molecular flexibility index (Phi) is 4.41. The van der Waals surface area contributed by atoms with Crippen molar-refractivity contribution in [3.63, 3.8) is 0 Å². The molecule has 126 valence electrons. The summed E-state index contributed by atoms with van der Waals surface area (Å²) >= 11 is 1.60. The second-order valence-corrected chi connectivity index (χ2v) is 6.45. The minimum atomic E-state index is 0.0728. The number of thiazole rings is 1. The van der Waals surface area contributed by atoms with Crippen LogP contribution in [0.15, 0.2) is 52.7 Å². The second-order valence-electron chi connectivity index (χ2n) is 5.47. The lowest BCUT2D eigenvalue weighted by atomic mass is 10.1. The van der Waals surface area contributed by atoms with Gasteiger partial charge < -0.3 is 14.8 Å². The van der Waals surface area contributed by atoms with Gasteiger partial charge in [-0.05, 0) is 30.3 Å². The van der Waals surface area contributed by atoms with Crippen molar-refractivity contribution in [1.82, 2.24) is 15.0 Å². The van der Waals surface area contributed by atoms with E-state index in [0.29, 0.717) is 13.0 Å². The highest BCUT2D eigenvalue weighted by atomic mass is 32.1. The molecule has 0 saturated carbocycles. The highest BCUT2D eigenvalue weighted by molar-refractivity contribution is 7.09. The molecule has 0 bridgehead atoms. The summed E-state index contributed by atoms with van der Waals surface area (Å²) in [5.74, 6) is 2.30. The number of nitrogens with one attached hydrogen (secondary N) is 1. The van der Waals surface area contributed by atoms with Crippen molar-refractivity contribution in [1.29, 1.82) is 0 Å². The Hall–Kier alpha value is -2.77. The van der Waals surface area contributed by atoms with Gasteiger partial charge in [0.2, 0.25) is 0 Å². The Morgan fingerprint density at radius 1 is 1.12 bits per heavy atom. The van der Waals surface area contributed by atoms with Crippen LogP contribution in [0.3, 0.4) is 0 Å². The standard InChI is InChI=1S/C18H16N4O2S/c23-7-5-13-2-4-16(24-13)12-1-3-15-14(9-12)18(22-11-21-15)20-10-17-19-6-8-25-17/h1-4,6,8-9,11,23H,5,7,10H2,(H,20,21,22). The van der Waals surface area contributed by atoms with Crippen LogP contribution in [0.5, 0.6) is 0 Å². The SMILES string of the molecule is OCCc1ccc(-c2ccc3ncnc(NCc4nccs4)c3c2)o1. The summed E-state index contributed by atoms with van der Waals surface area (Å²) in [7, 11) is 0. The van der Waals surface area contributed by atoms with Crippen molar-refractivity contribution in [3.05, 3.63) is 59.0 Å². The minimum absolute atomic E-state index is 0.0728. The van der Waals surface area contributed by atoms with Crippen LogP contribution >= 0.6 is 11.3 Å². The molecule has 0 aliphatic carbocycles. The monoisotopic (exact) mass is 352 g/mol. The van der Waals surface area contributed by atoms with Crippen molar-refractivity contribution in [3.8, 4) is 11.3 Å². The molecular weight excluding hydrogens is 336 g/mol. The van der Waals surface area contributed by atoms with Crippen LogP contribution in [0.1, 0.15) is 10.8 Å². The number of hydrogen-bond donors (Lipinski definition) is 2. The van der Waals surface area contributed by atoms with Crippen molar-refractivity contribution in [2.24, 2.45) is 0 Å². The first-order valence-electron chi connectivity index (χ1n) is 7.90. The quantitative estimate of drug-likeness (QED) is 0.553. The van der Waals surface area contributed by atoms with Gasteiger partial charge in [0.25, 0.3) is 0 Å². The van der Waals surface area contributed by atoms with Crippen molar-refractivity contribution in [2.75, 3.05) is 11.9 Å². The summed E-state index contributed by atoms with van der Waals surface area (Å²) < 4.78 is 5.79. The molecule has 4 aromatic rings. The van der Waals surface area contributed by atoms with E-state index in [1.165, 1.54) is 0 Å². The van der Waals surface area contributed by atoms with Gasteiger partial charge in [-0.2, -0.15) is 0 Å². The van der Waals surface area contributed by atoms with E-state index in [4.69, 9.17) is 9.52 Å². The van der Waals surface area contributed by atoms with Crippen LogP contribution in [0.25, 0.3) is 22.2 Å². The van der Waals surface area contributed by atoms with Gasteiger partial charge in [-0.3, -0.25) is 0 Å². The number of nitrogens with zero attached hydrogens (tertiary/aromatic N) is 3. The molecular formula is C18H16N4O2S. The molecule has 0 aliphatic rings. The van der Waals surface area contributed by atoms with E-state index < -0.39 is 0 Å². The summed E-state index contributed by atoms with van der Waals surface area (Å²) in [6.45, 7) is 0.693. The third-order valence-electron chi connectivity index (χ3n) is 3.83. The summed E-state index contributed by atoms with van der Waals surface area (Å²) in [5.41, 5.74) is 1.81. The fourth-order valence-electron chi connectivity index (χ4n) is 2.63. The fourth-order valence-corrected chi connectivity index (χ4v) is 3.18. The molecule has 7 heteroatoms. The molecule has 0 aliphatic heterocycles. The van der Waals surface area contributed by atoms with E-state index in [0.717, 1.165) is 38.8 Å². The van der Waals surface area contributed by atoms with E-state index in [1.54, 1.807) is 23.9 Å². The van der Waals surface area contributed by atoms with E-state index >= 15 is 0 Å². The van der Waals surface area contributed by atoms with Gasteiger partial charge in [-0.1, -0.05) is 0 Å². The van der Waals surface area contributed by atoms with Crippen LogP contribution in [-0.2, 0) is 13.0 Å². The third-order valence-corrected chi connectivity index (χ3v) is 4.61. The number of fused-ring (bicyclic) bond motifs is 1. The number of hydrogen-bond acceptors (Lipinski definition) is 7. The van der Waals surface area contributed by atoms with Crippen LogP contribution in [0.2, 0.25) is 0 Å². The number of aliphatic hydroxyl groups is 1. The van der Waals surface area contributed by atoms with Gasteiger partial charge in [0.15, 0.2) is 0 Å². The molecule has 0 unspecified atom stereocenters. The highest BCUT2D eigenvalue weighted by Crippen LogP contribution is 2.28. The Morgan fingerprint density at radius 2 is 2.08 bits per heavy atom. The lowest BCUT2D eigenvalue weighted by Crippen LogP contribution is -2.02. The molecule has 0 spiro atoms. The van der Waals surface area contributed by atoms with Gasteiger partial charge in [-0.15, -0.1) is 11.3 Å². The number of furan rings is 1. The van der Waals surface area contributed by atoms with Crippen LogP contribution in [0.4, 0.5) is 5.82 Å². The van der Waals surface area contributed by atoms with Gasteiger partial charge in [-0.25, -0.2) is 15.0 Å². The first kappa shape index (κ1) is 15.7. The molecule has 2 N–H and O–H groups in total. The van der Waals surface area contributed by atoms with Gasteiger partial charge in [0.05, 0.1) is 18.7 Å². The summed E-state index contributed by atoms with van der Waals surface area (Å²) in [4.78, 5) is 13.0. The van der Waals surface area contributed by atoms with Gasteiger partial charge in [0.1, 0.15) is 28.7 Å². The molecule has 0 fully saturated rings. The Bertz CT molecular complexity index is 982. The minimum Gasteiger partial charge on any atom is -0.461 e. The number of aromatic nitrogens is 3. The molecule has 0 amide bonds. The van der Waals surface area contributed by atoms with Crippen LogP contribution < -0.4 is 5.32 Å². The first-order chi connectivity index (χ1) is 12.3.